The molecule has 10 heteroatoms. The topological polar surface area (TPSA) is 124 Å². The molecule has 0 radical (unpaired) electrons. The first kappa shape index (κ1) is 21.8. The van der Waals surface area contributed by atoms with E-state index in [-0.39, 0.29) is 12.7 Å². The zero-order valence-corrected chi connectivity index (χ0v) is 20.0. The molecule has 186 valence electrons. The molecule has 1 aromatic carbocycles. The second-order valence-electron chi connectivity index (χ2n) is 10.4. The fraction of sp³-hybridized carbons (Fsp3) is 0.462. The Morgan fingerprint density at radius 2 is 2.00 bits per heavy atom. The minimum Gasteiger partial charge on any atom is -0.396 e. The highest BCUT2D eigenvalue weighted by atomic mass is 16.5. The van der Waals surface area contributed by atoms with Gasteiger partial charge >= 0.3 is 0 Å². The molecule has 36 heavy (non-hydrogen) atoms. The Bertz CT molecular complexity index is 1470. The van der Waals surface area contributed by atoms with Crippen molar-refractivity contribution in [2.75, 3.05) is 24.7 Å². The summed E-state index contributed by atoms with van der Waals surface area (Å²) < 4.78 is 9.42. The van der Waals surface area contributed by atoms with Gasteiger partial charge in [-0.1, -0.05) is 6.07 Å². The largest absolute Gasteiger partial charge is 0.396 e. The molecule has 1 aliphatic carbocycles. The first-order chi connectivity index (χ1) is 17.6. The van der Waals surface area contributed by atoms with Gasteiger partial charge in [0.05, 0.1) is 30.3 Å². The quantitative estimate of drug-likeness (QED) is 0.443. The Morgan fingerprint density at radius 1 is 1.14 bits per heavy atom. The van der Waals surface area contributed by atoms with Crippen LogP contribution in [0.3, 0.4) is 0 Å². The van der Waals surface area contributed by atoms with Gasteiger partial charge in [0.25, 0.3) is 5.91 Å². The van der Waals surface area contributed by atoms with Crippen molar-refractivity contribution in [2.24, 2.45) is 11.7 Å². The van der Waals surface area contributed by atoms with Gasteiger partial charge in [-0.2, -0.15) is 10.2 Å². The third-order valence-corrected chi connectivity index (χ3v) is 8.16. The molecule has 0 unspecified atom stereocenters. The Morgan fingerprint density at radius 3 is 2.72 bits per heavy atom. The van der Waals surface area contributed by atoms with Crippen molar-refractivity contribution in [3.63, 3.8) is 0 Å². The van der Waals surface area contributed by atoms with Gasteiger partial charge in [0.1, 0.15) is 17.1 Å². The number of hydrogen-bond acceptors (Lipinski definition) is 7. The first-order valence-corrected chi connectivity index (χ1v) is 12.7. The minimum atomic E-state index is -0.549. The average Bonchev–Trinajstić information content (AvgIpc) is 3.69. The van der Waals surface area contributed by atoms with Crippen molar-refractivity contribution >= 4 is 28.3 Å². The lowest BCUT2D eigenvalue weighted by Crippen LogP contribution is -2.37. The summed E-state index contributed by atoms with van der Waals surface area (Å²) in [6.07, 6.45) is 9.26. The van der Waals surface area contributed by atoms with Gasteiger partial charge in [-0.15, -0.1) is 0 Å². The van der Waals surface area contributed by atoms with Crippen LogP contribution >= 0.6 is 0 Å². The van der Waals surface area contributed by atoms with E-state index in [0.717, 1.165) is 60.9 Å². The second-order valence-corrected chi connectivity index (χ2v) is 10.4. The summed E-state index contributed by atoms with van der Waals surface area (Å²) >= 11 is 0. The number of hydrogen-bond donors (Lipinski definition) is 2. The maximum absolute atomic E-state index is 12.6. The molecule has 1 amide bonds. The van der Waals surface area contributed by atoms with Crippen LogP contribution in [-0.2, 0) is 4.74 Å². The summed E-state index contributed by atoms with van der Waals surface area (Å²) in [4.78, 5) is 19.7. The number of carbonyl (C=O) groups excluding carboxylic acids is 1. The summed E-state index contributed by atoms with van der Waals surface area (Å²) in [5.41, 5.74) is 8.89. The van der Waals surface area contributed by atoms with Crippen molar-refractivity contribution in [2.45, 2.75) is 50.3 Å². The average molecular weight is 488 g/mol. The molecule has 5 heterocycles. The van der Waals surface area contributed by atoms with Crippen molar-refractivity contribution in [3.8, 4) is 11.3 Å². The molecule has 2 saturated heterocycles. The third-order valence-electron chi connectivity index (χ3n) is 8.16. The van der Waals surface area contributed by atoms with Gasteiger partial charge in [0.2, 0.25) is 0 Å². The van der Waals surface area contributed by atoms with Crippen LogP contribution in [0.5, 0.6) is 0 Å². The van der Waals surface area contributed by atoms with Gasteiger partial charge in [-0.05, 0) is 56.2 Å². The zero-order chi connectivity index (χ0) is 24.4. The second kappa shape index (κ2) is 8.28. The predicted octanol–water partition coefficient (Wildman–Crippen LogP) is 2.55. The molecule has 0 spiro atoms. The summed E-state index contributed by atoms with van der Waals surface area (Å²) in [5.74, 6) is 0.676. The van der Waals surface area contributed by atoms with E-state index in [4.69, 9.17) is 25.7 Å². The van der Waals surface area contributed by atoms with Crippen molar-refractivity contribution in [3.05, 3.63) is 42.2 Å². The molecular weight excluding hydrogens is 458 g/mol. The molecule has 2 bridgehead atoms. The lowest BCUT2D eigenvalue weighted by Gasteiger charge is -2.27. The minimum absolute atomic E-state index is 0.251. The van der Waals surface area contributed by atoms with Crippen LogP contribution in [0.1, 0.15) is 48.5 Å². The molecule has 2 atom stereocenters. The normalized spacial score (nSPS) is 25.9. The van der Waals surface area contributed by atoms with Crippen LogP contribution in [0.25, 0.3) is 27.8 Å². The third kappa shape index (κ3) is 3.47. The molecule has 3 aromatic heterocycles. The number of aliphatic hydroxyl groups excluding tert-OH is 1. The Balaban J connectivity index is 1.25. The lowest BCUT2D eigenvalue weighted by molar-refractivity contribution is 0.0987. The molecule has 7 rings (SSSR count). The summed E-state index contributed by atoms with van der Waals surface area (Å²) in [6.45, 7) is 1.78. The summed E-state index contributed by atoms with van der Waals surface area (Å²) in [7, 11) is 0. The lowest BCUT2D eigenvalue weighted by atomic mass is 9.87. The smallest absolute Gasteiger partial charge is 0.254 e. The Hall–Kier alpha value is -3.50. The fourth-order valence-electron chi connectivity index (χ4n) is 6.16. The van der Waals surface area contributed by atoms with Crippen LogP contribution in [0, 0.1) is 5.92 Å². The number of benzene rings is 1. The molecule has 3 N–H and O–H groups in total. The number of fused-ring (bicyclic) bond motifs is 4. The number of aromatic nitrogens is 5. The van der Waals surface area contributed by atoms with Crippen LogP contribution in [0.2, 0.25) is 0 Å². The maximum Gasteiger partial charge on any atom is 0.254 e. The number of ether oxygens (including phenoxy) is 1. The van der Waals surface area contributed by atoms with E-state index >= 15 is 0 Å². The number of primary amides is 1. The van der Waals surface area contributed by atoms with Crippen LogP contribution in [-0.4, -0.2) is 67.3 Å². The van der Waals surface area contributed by atoms with Crippen molar-refractivity contribution < 1.29 is 14.6 Å². The van der Waals surface area contributed by atoms with Crippen molar-refractivity contribution in [1.82, 2.24) is 24.4 Å². The van der Waals surface area contributed by atoms with Gasteiger partial charge in [-0.3, -0.25) is 9.48 Å². The fourth-order valence-corrected chi connectivity index (χ4v) is 6.16. The van der Waals surface area contributed by atoms with E-state index in [2.05, 4.69) is 15.8 Å². The highest BCUT2D eigenvalue weighted by Crippen LogP contribution is 2.35. The number of anilines is 1. The number of rotatable bonds is 5. The van der Waals surface area contributed by atoms with Gasteiger partial charge in [0, 0.05) is 36.5 Å². The van der Waals surface area contributed by atoms with Gasteiger partial charge in [-0.25, -0.2) is 9.50 Å². The maximum atomic E-state index is 12.6. The number of nitrogens with zero attached hydrogens (tertiary/aromatic N) is 6. The summed E-state index contributed by atoms with van der Waals surface area (Å²) in [6, 6.07) is 8.53. The molecule has 4 aromatic rings. The van der Waals surface area contributed by atoms with Gasteiger partial charge in [0.15, 0.2) is 5.65 Å². The Labute approximate surface area is 207 Å². The number of morpholine rings is 1. The predicted molar refractivity (Wildman–Crippen MR) is 134 cm³/mol. The van der Waals surface area contributed by atoms with E-state index in [0.29, 0.717) is 41.5 Å². The molecule has 3 aliphatic rings. The monoisotopic (exact) mass is 487 g/mol. The van der Waals surface area contributed by atoms with Gasteiger partial charge < -0.3 is 20.5 Å². The van der Waals surface area contributed by atoms with E-state index in [9.17, 15) is 9.90 Å². The van der Waals surface area contributed by atoms with E-state index in [1.165, 1.54) is 0 Å². The Kier molecular flexibility index (Phi) is 5.00. The standard InChI is InChI=1S/C26H29N7O3/c27-25(35)23-24(30-32-8-7-22(28-26(23)32)31-12-20-10-19(31)14-36-20)16-3-6-21-17(9-16)11-33(29-21)18-4-1-15(13-34)2-5-18/h3,6-9,11,15,18-20,34H,1-2,4-5,10,12-14H2,(H2,27,35)/t15?,18?,19-,20-/m1/s1. The number of amides is 1. The van der Waals surface area contributed by atoms with Crippen LogP contribution in [0.4, 0.5) is 5.82 Å². The molecule has 1 saturated carbocycles. The van der Waals surface area contributed by atoms with E-state index in [1.807, 2.05) is 30.5 Å². The molecular formula is C26H29N7O3. The van der Waals surface area contributed by atoms with Crippen molar-refractivity contribution in [1.29, 1.82) is 0 Å². The SMILES string of the molecule is NC(=O)c1c(-c2ccc3nn(C4CCC(CO)CC4)cc3c2)nn2ccc(N3C[C@H]4C[C@@H]3CO4)nc12. The number of nitrogens with two attached hydrogens (primary N) is 1. The number of carbonyl (C=O) groups is 1. The van der Waals surface area contributed by atoms with E-state index in [1.54, 1.807) is 4.52 Å². The number of aliphatic hydroxyl groups is 1. The summed E-state index contributed by atoms with van der Waals surface area (Å²) in [5, 5.41) is 19.9. The zero-order valence-electron chi connectivity index (χ0n) is 20.0. The molecule has 2 aliphatic heterocycles. The van der Waals surface area contributed by atoms with Crippen LogP contribution in [0.15, 0.2) is 36.7 Å². The molecule has 3 fully saturated rings. The molecule has 10 nitrogen and oxygen atoms in total. The van der Waals surface area contributed by atoms with Crippen LogP contribution < -0.4 is 10.6 Å². The van der Waals surface area contributed by atoms with E-state index < -0.39 is 5.91 Å². The highest BCUT2D eigenvalue weighted by molar-refractivity contribution is 6.05. The first-order valence-electron chi connectivity index (χ1n) is 12.7. The highest BCUT2D eigenvalue weighted by Gasteiger charge is 2.39.